The molecule has 1 aromatic carbocycles. The van der Waals surface area contributed by atoms with Crippen LogP contribution in [-0.4, -0.2) is 99.7 Å². The van der Waals surface area contributed by atoms with E-state index in [1.54, 1.807) is 28.3 Å². The highest BCUT2D eigenvalue weighted by Crippen LogP contribution is 2.45. The second-order valence-corrected chi connectivity index (χ2v) is 12.8. The Morgan fingerprint density at radius 3 is 2.56 bits per heavy atom. The third-order valence-corrected chi connectivity index (χ3v) is 10.1. The van der Waals surface area contributed by atoms with Gasteiger partial charge in [0, 0.05) is 36.9 Å². The van der Waals surface area contributed by atoms with Crippen LogP contribution in [0.25, 0.3) is 5.00 Å². The first kappa shape index (κ1) is 31.4. The van der Waals surface area contributed by atoms with Crippen LogP contribution in [0.4, 0.5) is 9.39 Å². The van der Waals surface area contributed by atoms with Crippen LogP contribution in [0.5, 0.6) is 5.75 Å². The summed E-state index contributed by atoms with van der Waals surface area (Å²) in [5.74, 6) is -0.651. The number of fused-ring (bicyclic) bond motifs is 1. The average molecular weight is 643 g/mol. The molecule has 3 aliphatic heterocycles. The Kier molecular flexibility index (Phi) is 9.09. The molecule has 2 saturated heterocycles. The number of hydrogen-bond donors (Lipinski definition) is 1. The van der Waals surface area contributed by atoms with Gasteiger partial charge in [-0.25, -0.2) is 4.39 Å². The molecule has 5 heterocycles. The van der Waals surface area contributed by atoms with Crippen LogP contribution in [0.1, 0.15) is 67.1 Å². The monoisotopic (exact) mass is 642 g/mol. The van der Waals surface area contributed by atoms with Crippen LogP contribution >= 0.6 is 11.3 Å². The van der Waals surface area contributed by atoms with Gasteiger partial charge in [-0.1, -0.05) is 11.3 Å². The van der Waals surface area contributed by atoms with Crippen molar-refractivity contribution < 1.29 is 33.3 Å². The van der Waals surface area contributed by atoms with Gasteiger partial charge in [-0.2, -0.15) is 10.2 Å². The second kappa shape index (κ2) is 13.0. The number of amides is 2. The zero-order valence-electron chi connectivity index (χ0n) is 25.9. The average Bonchev–Trinajstić information content (AvgIpc) is 3.68. The molecule has 3 aliphatic rings. The number of rotatable bonds is 9. The van der Waals surface area contributed by atoms with E-state index >= 15 is 0 Å². The quantitative estimate of drug-likeness (QED) is 0.373. The fourth-order valence-electron chi connectivity index (χ4n) is 6.47. The Morgan fingerprint density at radius 1 is 1.13 bits per heavy atom. The van der Waals surface area contributed by atoms with Crippen LogP contribution in [0.2, 0.25) is 0 Å². The number of halogens is 1. The van der Waals surface area contributed by atoms with Crippen LogP contribution < -0.4 is 9.64 Å². The summed E-state index contributed by atoms with van der Waals surface area (Å²) < 4.78 is 32.5. The zero-order valence-corrected chi connectivity index (χ0v) is 26.7. The summed E-state index contributed by atoms with van der Waals surface area (Å²) in [6.45, 7) is 7.40. The first-order valence-electron chi connectivity index (χ1n) is 15.3. The number of piperidine rings is 1. The molecule has 14 heteroatoms. The Labute approximate surface area is 265 Å². The molecule has 0 spiro atoms. The summed E-state index contributed by atoms with van der Waals surface area (Å²) in [5, 5.41) is 21.8. The van der Waals surface area contributed by atoms with E-state index in [0.29, 0.717) is 77.9 Å². The number of aliphatic hydroxyl groups is 1. The van der Waals surface area contributed by atoms with Crippen molar-refractivity contribution >= 4 is 28.2 Å². The lowest BCUT2D eigenvalue weighted by atomic mass is 9.98. The largest absolute Gasteiger partial charge is 0.496 e. The molecule has 0 saturated carbocycles. The van der Waals surface area contributed by atoms with Crippen LogP contribution in [0.3, 0.4) is 0 Å². The molecule has 2 aromatic heterocycles. The third-order valence-electron chi connectivity index (χ3n) is 8.77. The normalized spacial score (nSPS) is 21.9. The summed E-state index contributed by atoms with van der Waals surface area (Å²) >= 11 is 1.27. The molecule has 0 bridgehead atoms. The van der Waals surface area contributed by atoms with Crippen molar-refractivity contribution in [2.75, 3.05) is 38.3 Å². The maximum atomic E-state index is 14.7. The Hall–Kier alpha value is -3.59. The van der Waals surface area contributed by atoms with Crippen molar-refractivity contribution in [3.63, 3.8) is 0 Å². The minimum Gasteiger partial charge on any atom is -0.496 e. The molecule has 45 heavy (non-hydrogen) atoms. The molecule has 1 N–H and O–H groups in total. The molecule has 2 fully saturated rings. The molecule has 3 aromatic rings. The number of anilines is 1. The number of ether oxygens (including phenoxy) is 3. The molecular formula is C31H39FN6O6S. The lowest BCUT2D eigenvalue weighted by Crippen LogP contribution is -2.64. The maximum absolute atomic E-state index is 14.7. The van der Waals surface area contributed by atoms with E-state index in [4.69, 9.17) is 14.2 Å². The van der Waals surface area contributed by atoms with Crippen molar-refractivity contribution in [1.82, 2.24) is 24.8 Å². The third kappa shape index (κ3) is 5.91. The van der Waals surface area contributed by atoms with Gasteiger partial charge in [-0.15, -0.1) is 4.80 Å². The molecule has 1 unspecified atom stereocenters. The summed E-state index contributed by atoms with van der Waals surface area (Å²) in [6, 6.07) is 3.35. The van der Waals surface area contributed by atoms with E-state index in [-0.39, 0.29) is 24.6 Å². The number of likely N-dealkylation sites (tertiary alicyclic amines) is 1. The number of benzene rings is 1. The van der Waals surface area contributed by atoms with E-state index < -0.39 is 30.2 Å². The summed E-state index contributed by atoms with van der Waals surface area (Å²) in [5.41, 5.74) is 1.47. The highest BCUT2D eigenvalue weighted by atomic mass is 32.1. The van der Waals surface area contributed by atoms with Gasteiger partial charge in [-0.05, 0) is 64.7 Å². The van der Waals surface area contributed by atoms with Gasteiger partial charge in [0.05, 0.1) is 37.7 Å². The fourth-order valence-corrected chi connectivity index (χ4v) is 7.71. The van der Waals surface area contributed by atoms with Gasteiger partial charge in [0.1, 0.15) is 33.7 Å². The Balaban J connectivity index is 1.45. The van der Waals surface area contributed by atoms with Gasteiger partial charge in [0.25, 0.3) is 5.91 Å². The molecule has 0 aliphatic carbocycles. The smallest absolute Gasteiger partial charge is 0.261 e. The van der Waals surface area contributed by atoms with Gasteiger partial charge >= 0.3 is 0 Å². The second-order valence-electron chi connectivity index (χ2n) is 11.8. The van der Waals surface area contributed by atoms with Crippen LogP contribution in [0.15, 0.2) is 30.6 Å². The number of carbonyl (C=O) groups excluding carboxylic acids is 2. The molecule has 3 atom stereocenters. The number of hydrogen-bond acceptors (Lipinski definition) is 10. The minimum atomic E-state index is -1.50. The fraction of sp³-hybridized carbons (Fsp3) is 0.548. The number of aromatic nitrogens is 3. The number of thiophene rings is 1. The maximum Gasteiger partial charge on any atom is 0.261 e. The van der Waals surface area contributed by atoms with E-state index in [0.717, 1.165) is 0 Å². The highest BCUT2D eigenvalue weighted by molar-refractivity contribution is 7.19. The highest BCUT2D eigenvalue weighted by Gasteiger charge is 2.48. The van der Waals surface area contributed by atoms with Crippen molar-refractivity contribution in [2.24, 2.45) is 0 Å². The van der Waals surface area contributed by atoms with Gasteiger partial charge in [0.2, 0.25) is 12.3 Å². The SMILES string of the molecule is COc1ccc(F)cc1[C@H](CN1c2sc(-n3nccn3)c(C)c2C(=O)N([C@H]2CCCN(C(C)C)C2=O)C1O)OC1CCOCC1. The van der Waals surface area contributed by atoms with Gasteiger partial charge in [0.15, 0.2) is 0 Å². The van der Waals surface area contributed by atoms with Crippen LogP contribution in [0, 0.1) is 12.7 Å². The van der Waals surface area contributed by atoms with Crippen LogP contribution in [-0.2, 0) is 14.3 Å². The van der Waals surface area contributed by atoms with Crippen molar-refractivity contribution in [3.05, 3.63) is 53.1 Å². The minimum absolute atomic E-state index is 0.0376. The number of methoxy groups -OCH3 is 1. The van der Waals surface area contributed by atoms with E-state index in [9.17, 15) is 19.1 Å². The van der Waals surface area contributed by atoms with Gasteiger partial charge in [-0.3, -0.25) is 14.5 Å². The van der Waals surface area contributed by atoms with E-state index in [1.165, 1.54) is 40.3 Å². The predicted molar refractivity (Wildman–Crippen MR) is 164 cm³/mol. The standard InChI is InChI=1S/C31H39FN6O6S/c1-18(2)35-13-5-6-23(27(35)39)37-28(40)26-19(3)29(38-33-11-12-34-38)45-30(26)36(31(37)41)17-25(44-21-9-14-43-15-10-21)22-16-20(32)7-8-24(22)42-4/h7-8,11-12,16,18,21,23,25,31,41H,5-6,9-10,13-15,17H2,1-4H3/t23-,25-,31?/m0/s1. The number of nitrogens with zero attached hydrogens (tertiary/aromatic N) is 6. The molecule has 6 rings (SSSR count). The van der Waals surface area contributed by atoms with Crippen molar-refractivity contribution in [2.45, 2.75) is 77.1 Å². The summed E-state index contributed by atoms with van der Waals surface area (Å²) in [6.07, 6.45) is 3.08. The molecule has 0 radical (unpaired) electrons. The first-order valence-corrected chi connectivity index (χ1v) is 16.2. The molecule has 12 nitrogen and oxygen atoms in total. The molecule has 242 valence electrons. The number of carbonyl (C=O) groups is 2. The van der Waals surface area contributed by atoms with Gasteiger partial charge < -0.3 is 29.1 Å². The zero-order chi connectivity index (χ0) is 31.8. The molecule has 2 amide bonds. The Bertz CT molecular complexity index is 1530. The lowest BCUT2D eigenvalue weighted by molar-refractivity contribution is -0.145. The summed E-state index contributed by atoms with van der Waals surface area (Å²) in [4.78, 5) is 34.3. The number of aliphatic hydroxyl groups excluding tert-OH is 1. The topological polar surface area (TPSA) is 122 Å². The van der Waals surface area contributed by atoms with Crippen molar-refractivity contribution in [1.29, 1.82) is 0 Å². The van der Waals surface area contributed by atoms with E-state index in [2.05, 4.69) is 10.2 Å². The predicted octanol–water partition coefficient (Wildman–Crippen LogP) is 3.66. The lowest BCUT2D eigenvalue weighted by Gasteiger charge is -2.48. The van der Waals surface area contributed by atoms with Crippen molar-refractivity contribution in [3.8, 4) is 10.8 Å². The van der Waals surface area contributed by atoms with E-state index in [1.807, 2.05) is 20.8 Å². The Morgan fingerprint density at radius 2 is 1.87 bits per heavy atom. The molecular weight excluding hydrogens is 603 g/mol. The summed E-state index contributed by atoms with van der Waals surface area (Å²) in [7, 11) is 1.51. The first-order chi connectivity index (χ1) is 21.7.